The van der Waals surface area contributed by atoms with Crippen LogP contribution in [0, 0.1) is 0 Å². The van der Waals surface area contributed by atoms with Gasteiger partial charge >= 0.3 is 6.18 Å². The van der Waals surface area contributed by atoms with Crippen LogP contribution in [0.4, 0.5) is 13.2 Å². The fourth-order valence-electron chi connectivity index (χ4n) is 2.07. The molecule has 0 bridgehead atoms. The molecule has 1 aliphatic rings. The van der Waals surface area contributed by atoms with Gasteiger partial charge in [-0.25, -0.2) is 0 Å². The zero-order valence-electron chi connectivity index (χ0n) is 11.6. The summed E-state index contributed by atoms with van der Waals surface area (Å²) in [6.45, 7) is 3.05. The van der Waals surface area contributed by atoms with Crippen molar-refractivity contribution in [3.8, 4) is 0 Å². The third-order valence-corrected chi connectivity index (χ3v) is 3.14. The van der Waals surface area contributed by atoms with Gasteiger partial charge in [0.25, 0.3) is 0 Å². The second-order valence-corrected chi connectivity index (χ2v) is 4.98. The number of carbonyl (C=O) groups excluding carboxylic acids is 2. The van der Waals surface area contributed by atoms with Crippen LogP contribution in [0.15, 0.2) is 0 Å². The monoisotopic (exact) mass is 295 g/mol. The Morgan fingerprint density at radius 3 is 2.20 bits per heavy atom. The highest BCUT2D eigenvalue weighted by molar-refractivity contribution is 5.85. The van der Waals surface area contributed by atoms with E-state index < -0.39 is 30.7 Å². The van der Waals surface area contributed by atoms with Crippen LogP contribution in [0.5, 0.6) is 0 Å². The molecular weight excluding hydrogens is 275 g/mol. The standard InChI is InChI=1S/C12H20F3N3O2/c1-8(10(19)16-7-12(13,14)15)17-9(2)11(20)18-5-3-4-6-18/h8-9,17H,3-7H2,1-2H3,(H,16,19). The van der Waals surface area contributed by atoms with E-state index in [1.54, 1.807) is 17.1 Å². The Morgan fingerprint density at radius 1 is 1.15 bits per heavy atom. The molecule has 2 unspecified atom stereocenters. The normalized spacial score (nSPS) is 18.8. The Kier molecular flexibility index (Phi) is 5.79. The first-order chi connectivity index (χ1) is 9.20. The summed E-state index contributed by atoms with van der Waals surface area (Å²) in [5.74, 6) is -0.902. The number of hydrogen-bond donors (Lipinski definition) is 2. The maximum absolute atomic E-state index is 12.0. The summed E-state index contributed by atoms with van der Waals surface area (Å²) in [7, 11) is 0. The number of nitrogens with one attached hydrogen (secondary N) is 2. The van der Waals surface area contributed by atoms with E-state index in [1.165, 1.54) is 6.92 Å². The van der Waals surface area contributed by atoms with Crippen LogP contribution >= 0.6 is 0 Å². The van der Waals surface area contributed by atoms with Gasteiger partial charge in [-0.2, -0.15) is 13.2 Å². The summed E-state index contributed by atoms with van der Waals surface area (Å²) in [5, 5.41) is 4.51. The Hall–Kier alpha value is -1.31. The lowest BCUT2D eigenvalue weighted by Gasteiger charge is -2.24. The topological polar surface area (TPSA) is 61.4 Å². The van der Waals surface area contributed by atoms with Crippen molar-refractivity contribution >= 4 is 11.8 Å². The SMILES string of the molecule is CC(NC(C)C(=O)N1CCCC1)C(=O)NCC(F)(F)F. The van der Waals surface area contributed by atoms with Crippen LogP contribution < -0.4 is 10.6 Å². The molecule has 2 N–H and O–H groups in total. The summed E-state index contributed by atoms with van der Waals surface area (Å²) in [6.07, 6.45) is -2.52. The van der Waals surface area contributed by atoms with Crippen molar-refractivity contribution in [1.29, 1.82) is 0 Å². The summed E-state index contributed by atoms with van der Waals surface area (Å²) in [4.78, 5) is 25.1. The van der Waals surface area contributed by atoms with Crippen molar-refractivity contribution in [3.63, 3.8) is 0 Å². The van der Waals surface area contributed by atoms with Crippen molar-refractivity contribution in [2.75, 3.05) is 19.6 Å². The highest BCUT2D eigenvalue weighted by Gasteiger charge is 2.30. The number of carbonyl (C=O) groups is 2. The molecular formula is C12H20F3N3O2. The first-order valence-corrected chi connectivity index (χ1v) is 6.60. The smallest absolute Gasteiger partial charge is 0.346 e. The van der Waals surface area contributed by atoms with Crippen molar-refractivity contribution < 1.29 is 22.8 Å². The largest absolute Gasteiger partial charge is 0.405 e. The minimum atomic E-state index is -4.44. The maximum atomic E-state index is 12.0. The third-order valence-electron chi connectivity index (χ3n) is 3.14. The molecule has 2 atom stereocenters. The second kappa shape index (κ2) is 6.92. The van der Waals surface area contributed by atoms with Gasteiger partial charge in [-0.3, -0.25) is 14.9 Å². The number of halogens is 3. The van der Waals surface area contributed by atoms with Crippen LogP contribution in [0.3, 0.4) is 0 Å². The van der Waals surface area contributed by atoms with Gasteiger partial charge in [-0.05, 0) is 26.7 Å². The zero-order chi connectivity index (χ0) is 15.3. The molecule has 116 valence electrons. The lowest BCUT2D eigenvalue weighted by Crippen LogP contribution is -2.52. The summed E-state index contributed by atoms with van der Waals surface area (Å²) >= 11 is 0. The van der Waals surface area contributed by atoms with Crippen LogP contribution in [0.1, 0.15) is 26.7 Å². The molecule has 0 aromatic rings. The average molecular weight is 295 g/mol. The first kappa shape index (κ1) is 16.7. The summed E-state index contributed by atoms with van der Waals surface area (Å²) in [5.41, 5.74) is 0. The number of likely N-dealkylation sites (tertiary alicyclic amines) is 1. The molecule has 1 aliphatic heterocycles. The Bertz CT molecular complexity index is 354. The molecule has 1 rings (SSSR count). The molecule has 20 heavy (non-hydrogen) atoms. The van der Waals surface area contributed by atoms with Crippen LogP contribution in [0.2, 0.25) is 0 Å². The molecule has 0 radical (unpaired) electrons. The fourth-order valence-corrected chi connectivity index (χ4v) is 2.07. The lowest BCUT2D eigenvalue weighted by atomic mass is 10.2. The van der Waals surface area contributed by atoms with Gasteiger partial charge in [-0.1, -0.05) is 0 Å². The predicted molar refractivity (Wildman–Crippen MR) is 66.9 cm³/mol. The van der Waals surface area contributed by atoms with E-state index in [9.17, 15) is 22.8 Å². The summed E-state index contributed by atoms with van der Waals surface area (Å²) in [6, 6.07) is -1.46. The molecule has 8 heteroatoms. The zero-order valence-corrected chi connectivity index (χ0v) is 11.6. The Morgan fingerprint density at radius 2 is 1.70 bits per heavy atom. The van der Waals surface area contributed by atoms with E-state index in [2.05, 4.69) is 5.32 Å². The molecule has 0 spiro atoms. The van der Waals surface area contributed by atoms with Crippen LogP contribution in [0.25, 0.3) is 0 Å². The van der Waals surface area contributed by atoms with Crippen molar-refractivity contribution in [2.24, 2.45) is 0 Å². The Labute approximate surface area is 115 Å². The lowest BCUT2D eigenvalue weighted by molar-refractivity contribution is -0.140. The number of nitrogens with zero attached hydrogens (tertiary/aromatic N) is 1. The van der Waals surface area contributed by atoms with E-state index >= 15 is 0 Å². The maximum Gasteiger partial charge on any atom is 0.405 e. The molecule has 0 aliphatic carbocycles. The molecule has 2 amide bonds. The minimum Gasteiger partial charge on any atom is -0.346 e. The minimum absolute atomic E-state index is 0.127. The second-order valence-electron chi connectivity index (χ2n) is 4.98. The van der Waals surface area contributed by atoms with Gasteiger partial charge in [0.15, 0.2) is 0 Å². The van der Waals surface area contributed by atoms with Gasteiger partial charge in [-0.15, -0.1) is 0 Å². The van der Waals surface area contributed by atoms with Crippen molar-refractivity contribution in [1.82, 2.24) is 15.5 Å². The van der Waals surface area contributed by atoms with Crippen molar-refractivity contribution in [3.05, 3.63) is 0 Å². The summed E-state index contributed by atoms with van der Waals surface area (Å²) < 4.78 is 35.9. The van der Waals surface area contributed by atoms with E-state index in [4.69, 9.17) is 0 Å². The third kappa shape index (κ3) is 5.36. The molecule has 1 fully saturated rings. The van der Waals surface area contributed by atoms with E-state index in [1.807, 2.05) is 0 Å². The molecule has 1 heterocycles. The quantitative estimate of drug-likeness (QED) is 0.783. The fraction of sp³-hybridized carbons (Fsp3) is 0.833. The molecule has 0 aromatic carbocycles. The predicted octanol–water partition coefficient (Wildman–Crippen LogP) is 0.654. The van der Waals surface area contributed by atoms with Crippen molar-refractivity contribution in [2.45, 2.75) is 44.9 Å². The van der Waals surface area contributed by atoms with Gasteiger partial charge in [0.2, 0.25) is 11.8 Å². The van der Waals surface area contributed by atoms with Crippen LogP contribution in [-0.2, 0) is 9.59 Å². The molecule has 1 saturated heterocycles. The highest BCUT2D eigenvalue weighted by Crippen LogP contribution is 2.12. The number of hydrogen-bond acceptors (Lipinski definition) is 3. The number of alkyl halides is 3. The first-order valence-electron chi connectivity index (χ1n) is 6.60. The Balaban J connectivity index is 2.38. The number of rotatable bonds is 5. The van der Waals surface area contributed by atoms with E-state index in [-0.39, 0.29) is 5.91 Å². The molecule has 0 aromatic heterocycles. The van der Waals surface area contributed by atoms with Gasteiger partial charge in [0.1, 0.15) is 6.54 Å². The van der Waals surface area contributed by atoms with Gasteiger partial charge in [0, 0.05) is 13.1 Å². The van der Waals surface area contributed by atoms with Gasteiger partial charge < -0.3 is 10.2 Å². The average Bonchev–Trinajstić information content (AvgIpc) is 2.87. The van der Waals surface area contributed by atoms with E-state index in [0.29, 0.717) is 13.1 Å². The molecule has 0 saturated carbocycles. The highest BCUT2D eigenvalue weighted by atomic mass is 19.4. The molecule has 5 nitrogen and oxygen atoms in total. The van der Waals surface area contributed by atoms with Gasteiger partial charge in [0.05, 0.1) is 12.1 Å². The van der Waals surface area contributed by atoms with Crippen LogP contribution in [-0.4, -0.2) is 54.6 Å². The number of amides is 2. The van der Waals surface area contributed by atoms with E-state index in [0.717, 1.165) is 12.8 Å².